The molecule has 0 saturated heterocycles. The van der Waals surface area contributed by atoms with Crippen LogP contribution in [0.3, 0.4) is 0 Å². The first kappa shape index (κ1) is 13.5. The Bertz CT molecular complexity index is 647. The predicted octanol–water partition coefficient (Wildman–Crippen LogP) is 2.00. The van der Waals surface area contributed by atoms with Crippen LogP contribution in [0.2, 0.25) is 0 Å². The highest BCUT2D eigenvalue weighted by atomic mass is 16.5. The summed E-state index contributed by atoms with van der Waals surface area (Å²) in [5.74, 6) is -0.0651. The Kier molecular flexibility index (Phi) is 4.24. The van der Waals surface area contributed by atoms with E-state index in [9.17, 15) is 4.79 Å². The Morgan fingerprint density at radius 2 is 2.10 bits per heavy atom. The molecule has 2 rings (SSSR count). The van der Waals surface area contributed by atoms with Crippen LogP contribution in [0, 0.1) is 11.3 Å². The zero-order valence-electron chi connectivity index (χ0n) is 10.8. The number of benzene rings is 1. The van der Waals surface area contributed by atoms with E-state index in [2.05, 4.69) is 15.5 Å². The normalized spacial score (nSPS) is 9.60. The first-order valence-electron chi connectivity index (χ1n) is 6.01. The van der Waals surface area contributed by atoms with E-state index in [4.69, 9.17) is 10.00 Å². The standard InChI is InChI=1S/C14H12N4O2/c1-2-20-13-8-7-12(17-18-13)14(19)16-11-6-4-3-5-10(11)9-15/h3-8H,2H2,1H3,(H,16,19). The summed E-state index contributed by atoms with van der Waals surface area (Å²) in [6.07, 6.45) is 0. The Morgan fingerprint density at radius 3 is 2.75 bits per heavy atom. The number of amides is 1. The first-order chi connectivity index (χ1) is 9.74. The fourth-order valence-electron chi connectivity index (χ4n) is 1.54. The van der Waals surface area contributed by atoms with Crippen LogP contribution in [0.1, 0.15) is 23.0 Å². The van der Waals surface area contributed by atoms with Crippen LogP contribution < -0.4 is 10.1 Å². The van der Waals surface area contributed by atoms with E-state index in [0.717, 1.165) is 0 Å². The number of anilines is 1. The molecule has 0 unspecified atom stereocenters. The van der Waals surface area contributed by atoms with Gasteiger partial charge >= 0.3 is 0 Å². The molecule has 0 atom stereocenters. The molecule has 0 aliphatic rings. The Morgan fingerprint density at radius 1 is 1.30 bits per heavy atom. The highest BCUT2D eigenvalue weighted by Gasteiger charge is 2.11. The van der Waals surface area contributed by atoms with Gasteiger partial charge in [-0.25, -0.2) is 0 Å². The lowest BCUT2D eigenvalue weighted by Crippen LogP contribution is -2.15. The fourth-order valence-corrected chi connectivity index (χ4v) is 1.54. The minimum atomic E-state index is -0.428. The summed E-state index contributed by atoms with van der Waals surface area (Å²) in [6, 6.07) is 11.8. The van der Waals surface area contributed by atoms with Gasteiger partial charge in [-0.05, 0) is 25.1 Å². The van der Waals surface area contributed by atoms with E-state index in [1.807, 2.05) is 13.0 Å². The second kappa shape index (κ2) is 6.29. The molecule has 0 radical (unpaired) electrons. The molecule has 1 heterocycles. The van der Waals surface area contributed by atoms with Gasteiger partial charge in [0, 0.05) is 6.07 Å². The van der Waals surface area contributed by atoms with Gasteiger partial charge in [0.1, 0.15) is 6.07 Å². The highest BCUT2D eigenvalue weighted by Crippen LogP contribution is 2.14. The molecule has 20 heavy (non-hydrogen) atoms. The molecule has 1 N–H and O–H groups in total. The second-order valence-corrected chi connectivity index (χ2v) is 3.80. The second-order valence-electron chi connectivity index (χ2n) is 3.80. The maximum Gasteiger partial charge on any atom is 0.276 e. The molecular formula is C14H12N4O2. The van der Waals surface area contributed by atoms with Crippen LogP contribution in [0.25, 0.3) is 0 Å². The van der Waals surface area contributed by atoms with Crippen LogP contribution >= 0.6 is 0 Å². The summed E-state index contributed by atoms with van der Waals surface area (Å²) in [5.41, 5.74) is 0.983. The Balaban J connectivity index is 2.14. The number of carbonyl (C=O) groups excluding carboxylic acids is 1. The van der Waals surface area contributed by atoms with Crippen molar-refractivity contribution in [1.82, 2.24) is 10.2 Å². The van der Waals surface area contributed by atoms with Gasteiger partial charge < -0.3 is 10.1 Å². The maximum atomic E-state index is 12.0. The third kappa shape index (κ3) is 3.09. The number of hydrogen-bond acceptors (Lipinski definition) is 5. The van der Waals surface area contributed by atoms with Gasteiger partial charge in [0.15, 0.2) is 5.69 Å². The first-order valence-corrected chi connectivity index (χ1v) is 6.01. The summed E-state index contributed by atoms with van der Waals surface area (Å²) in [5, 5.41) is 19.1. The largest absolute Gasteiger partial charge is 0.477 e. The van der Waals surface area contributed by atoms with Crippen LogP contribution in [-0.4, -0.2) is 22.7 Å². The number of hydrogen-bond donors (Lipinski definition) is 1. The minimum Gasteiger partial charge on any atom is -0.477 e. The zero-order chi connectivity index (χ0) is 14.4. The van der Waals surface area contributed by atoms with Crippen LogP contribution in [0.4, 0.5) is 5.69 Å². The Hall–Kier alpha value is -2.94. The molecule has 0 fully saturated rings. The highest BCUT2D eigenvalue weighted by molar-refractivity contribution is 6.03. The molecular weight excluding hydrogens is 256 g/mol. The monoisotopic (exact) mass is 268 g/mol. The van der Waals surface area contributed by atoms with Crippen molar-refractivity contribution in [2.24, 2.45) is 0 Å². The van der Waals surface area contributed by atoms with Gasteiger partial charge in [-0.3, -0.25) is 4.79 Å². The number of nitrogens with one attached hydrogen (secondary N) is 1. The van der Waals surface area contributed by atoms with Crippen molar-refractivity contribution in [1.29, 1.82) is 5.26 Å². The third-order valence-corrected chi connectivity index (χ3v) is 2.46. The lowest BCUT2D eigenvalue weighted by atomic mass is 10.2. The average molecular weight is 268 g/mol. The van der Waals surface area contributed by atoms with Gasteiger partial charge in [0.2, 0.25) is 5.88 Å². The Labute approximate surface area is 116 Å². The van der Waals surface area contributed by atoms with Gasteiger partial charge in [-0.1, -0.05) is 12.1 Å². The topological polar surface area (TPSA) is 87.9 Å². The van der Waals surface area contributed by atoms with Crippen molar-refractivity contribution in [3.05, 3.63) is 47.7 Å². The van der Waals surface area contributed by atoms with Gasteiger partial charge in [0.05, 0.1) is 17.9 Å². The summed E-state index contributed by atoms with van der Waals surface area (Å²) in [7, 11) is 0. The molecule has 0 bridgehead atoms. The van der Waals surface area contributed by atoms with Gasteiger partial charge in [-0.15, -0.1) is 10.2 Å². The molecule has 6 nitrogen and oxygen atoms in total. The summed E-state index contributed by atoms with van der Waals surface area (Å²) < 4.78 is 5.15. The van der Waals surface area contributed by atoms with E-state index in [1.54, 1.807) is 30.3 Å². The van der Waals surface area contributed by atoms with Gasteiger partial charge in [0.25, 0.3) is 5.91 Å². The van der Waals surface area contributed by atoms with Crippen molar-refractivity contribution in [2.75, 3.05) is 11.9 Å². The van der Waals surface area contributed by atoms with Crippen LogP contribution in [0.5, 0.6) is 5.88 Å². The summed E-state index contributed by atoms with van der Waals surface area (Å²) in [4.78, 5) is 12.0. The molecule has 6 heteroatoms. The summed E-state index contributed by atoms with van der Waals surface area (Å²) >= 11 is 0. The van der Waals surface area contributed by atoms with Crippen molar-refractivity contribution < 1.29 is 9.53 Å². The number of carbonyl (C=O) groups is 1. The molecule has 0 aliphatic carbocycles. The zero-order valence-corrected chi connectivity index (χ0v) is 10.8. The van der Waals surface area contributed by atoms with Crippen molar-refractivity contribution >= 4 is 11.6 Å². The molecule has 0 saturated carbocycles. The smallest absolute Gasteiger partial charge is 0.276 e. The van der Waals surface area contributed by atoms with E-state index in [-0.39, 0.29) is 5.69 Å². The predicted molar refractivity (Wildman–Crippen MR) is 72.3 cm³/mol. The number of para-hydroxylation sites is 1. The van der Waals surface area contributed by atoms with Crippen LogP contribution in [0.15, 0.2) is 36.4 Å². The molecule has 100 valence electrons. The van der Waals surface area contributed by atoms with Crippen molar-refractivity contribution in [2.45, 2.75) is 6.92 Å². The quantitative estimate of drug-likeness (QED) is 0.916. The number of rotatable bonds is 4. The van der Waals surface area contributed by atoms with Gasteiger partial charge in [-0.2, -0.15) is 5.26 Å². The lowest BCUT2D eigenvalue weighted by Gasteiger charge is -2.06. The van der Waals surface area contributed by atoms with E-state index in [1.165, 1.54) is 6.07 Å². The SMILES string of the molecule is CCOc1ccc(C(=O)Nc2ccccc2C#N)nn1. The molecule has 0 aliphatic heterocycles. The average Bonchev–Trinajstić information content (AvgIpc) is 2.49. The number of ether oxygens (including phenoxy) is 1. The van der Waals surface area contributed by atoms with E-state index < -0.39 is 5.91 Å². The van der Waals surface area contributed by atoms with Crippen molar-refractivity contribution in [3.63, 3.8) is 0 Å². The lowest BCUT2D eigenvalue weighted by molar-refractivity contribution is 0.102. The molecule has 1 aromatic carbocycles. The van der Waals surface area contributed by atoms with E-state index in [0.29, 0.717) is 23.7 Å². The molecule has 0 spiro atoms. The van der Waals surface area contributed by atoms with Crippen molar-refractivity contribution in [3.8, 4) is 11.9 Å². The van der Waals surface area contributed by atoms with Crippen LogP contribution in [-0.2, 0) is 0 Å². The maximum absolute atomic E-state index is 12.0. The number of aromatic nitrogens is 2. The number of nitriles is 1. The number of nitrogens with zero attached hydrogens (tertiary/aromatic N) is 3. The van der Waals surface area contributed by atoms with E-state index >= 15 is 0 Å². The third-order valence-electron chi connectivity index (χ3n) is 2.46. The summed E-state index contributed by atoms with van der Waals surface area (Å²) in [6.45, 7) is 2.32. The molecule has 1 aromatic heterocycles. The molecule has 1 amide bonds. The minimum absolute atomic E-state index is 0.154. The molecule has 2 aromatic rings. The fraction of sp³-hybridized carbons (Fsp3) is 0.143.